The molecule has 1 amide bonds. The van der Waals surface area contributed by atoms with Crippen molar-refractivity contribution >= 4 is 5.91 Å². The summed E-state index contributed by atoms with van der Waals surface area (Å²) in [5, 5.41) is 2.80. The predicted octanol–water partition coefficient (Wildman–Crippen LogP) is 1.98. The van der Waals surface area contributed by atoms with Crippen molar-refractivity contribution in [3.05, 3.63) is 35.4 Å². The van der Waals surface area contributed by atoms with Crippen molar-refractivity contribution in [2.45, 2.75) is 51.2 Å². The number of rotatable bonds is 4. The van der Waals surface area contributed by atoms with Crippen LogP contribution in [-0.2, 0) is 4.79 Å². The van der Waals surface area contributed by atoms with Gasteiger partial charge in [-0.05, 0) is 44.4 Å². The maximum absolute atomic E-state index is 12.2. The number of nitrogens with zero attached hydrogens (tertiary/aromatic N) is 1. The van der Waals surface area contributed by atoms with Crippen LogP contribution in [0.4, 0.5) is 0 Å². The van der Waals surface area contributed by atoms with Crippen LogP contribution in [0, 0.1) is 6.92 Å². The van der Waals surface area contributed by atoms with Crippen LogP contribution in [-0.4, -0.2) is 36.5 Å². The number of aryl methyl sites for hydroxylation is 1. The molecule has 2 rings (SSSR count). The number of hydrogen-bond donors (Lipinski definition) is 2. The second-order valence-electron chi connectivity index (χ2n) is 6.02. The summed E-state index contributed by atoms with van der Waals surface area (Å²) in [6.07, 6.45) is 3.14. The van der Waals surface area contributed by atoms with Crippen LogP contribution in [0.3, 0.4) is 0 Å². The molecule has 1 heterocycles. The van der Waals surface area contributed by atoms with Crippen LogP contribution >= 0.6 is 0 Å². The number of likely N-dealkylation sites (tertiary alicyclic amines) is 1. The molecule has 3 atom stereocenters. The fourth-order valence-corrected chi connectivity index (χ4v) is 3.42. The Kier molecular flexibility index (Phi) is 5.37. The van der Waals surface area contributed by atoms with Crippen LogP contribution in [0.5, 0.6) is 0 Å². The van der Waals surface area contributed by atoms with E-state index in [0.717, 1.165) is 25.8 Å². The third-order valence-electron chi connectivity index (χ3n) is 4.46. The standard InChI is InChI=1S/C17H27N3O/c1-12-8-4-5-9-14(12)16(13(2)18)20-11-7-6-10-15(20)17(21)19-3/h4-5,8-9,13,15-16H,6-7,10-11,18H2,1-3H3,(H,19,21). The van der Waals surface area contributed by atoms with Gasteiger partial charge in [-0.2, -0.15) is 0 Å². The lowest BCUT2D eigenvalue weighted by Crippen LogP contribution is -2.53. The van der Waals surface area contributed by atoms with Gasteiger partial charge in [0.1, 0.15) is 0 Å². The van der Waals surface area contributed by atoms with Crippen molar-refractivity contribution in [1.82, 2.24) is 10.2 Å². The molecule has 1 aromatic rings. The zero-order chi connectivity index (χ0) is 15.4. The highest BCUT2D eigenvalue weighted by atomic mass is 16.2. The first-order chi connectivity index (χ1) is 10.1. The molecule has 0 spiro atoms. The van der Waals surface area contributed by atoms with E-state index in [1.165, 1.54) is 11.1 Å². The molecule has 4 heteroatoms. The highest BCUT2D eigenvalue weighted by Gasteiger charge is 2.35. The third-order valence-corrected chi connectivity index (χ3v) is 4.46. The molecule has 0 radical (unpaired) electrons. The van der Waals surface area contributed by atoms with E-state index in [2.05, 4.69) is 35.3 Å². The van der Waals surface area contributed by atoms with Gasteiger partial charge in [-0.15, -0.1) is 0 Å². The monoisotopic (exact) mass is 289 g/mol. The SMILES string of the molecule is CNC(=O)C1CCCCN1C(c1ccccc1C)C(C)N. The molecule has 1 aromatic carbocycles. The van der Waals surface area contributed by atoms with E-state index in [4.69, 9.17) is 5.73 Å². The van der Waals surface area contributed by atoms with Crippen molar-refractivity contribution in [3.63, 3.8) is 0 Å². The van der Waals surface area contributed by atoms with E-state index in [0.29, 0.717) is 0 Å². The first-order valence-corrected chi connectivity index (χ1v) is 7.84. The van der Waals surface area contributed by atoms with Crippen molar-refractivity contribution < 1.29 is 4.79 Å². The summed E-state index contributed by atoms with van der Waals surface area (Å²) in [6.45, 7) is 5.08. The normalized spacial score (nSPS) is 22.6. The molecule has 0 aromatic heterocycles. The molecular formula is C17H27N3O. The van der Waals surface area contributed by atoms with E-state index in [1.807, 2.05) is 13.0 Å². The average molecular weight is 289 g/mol. The molecule has 0 saturated carbocycles. The van der Waals surface area contributed by atoms with Gasteiger partial charge in [0.25, 0.3) is 0 Å². The molecule has 21 heavy (non-hydrogen) atoms. The molecule has 4 nitrogen and oxygen atoms in total. The largest absolute Gasteiger partial charge is 0.358 e. The predicted molar refractivity (Wildman–Crippen MR) is 86.0 cm³/mol. The lowest BCUT2D eigenvalue weighted by Gasteiger charge is -2.42. The lowest BCUT2D eigenvalue weighted by atomic mass is 9.90. The Hall–Kier alpha value is -1.39. The minimum absolute atomic E-state index is 0.0173. The third kappa shape index (κ3) is 3.44. The topological polar surface area (TPSA) is 58.4 Å². The van der Waals surface area contributed by atoms with E-state index < -0.39 is 0 Å². The highest BCUT2D eigenvalue weighted by Crippen LogP contribution is 2.32. The van der Waals surface area contributed by atoms with Crippen LogP contribution in [0.2, 0.25) is 0 Å². The van der Waals surface area contributed by atoms with Gasteiger partial charge in [-0.1, -0.05) is 30.7 Å². The van der Waals surface area contributed by atoms with Crippen molar-refractivity contribution in [2.75, 3.05) is 13.6 Å². The first-order valence-electron chi connectivity index (χ1n) is 7.84. The van der Waals surface area contributed by atoms with E-state index in [9.17, 15) is 4.79 Å². The van der Waals surface area contributed by atoms with E-state index >= 15 is 0 Å². The maximum atomic E-state index is 12.2. The van der Waals surface area contributed by atoms with E-state index in [-0.39, 0.29) is 24.0 Å². The zero-order valence-electron chi connectivity index (χ0n) is 13.3. The Morgan fingerprint density at radius 1 is 1.38 bits per heavy atom. The van der Waals surface area contributed by atoms with Crippen LogP contribution in [0.1, 0.15) is 43.4 Å². The molecule has 116 valence electrons. The fraction of sp³-hybridized carbons (Fsp3) is 0.588. The number of likely N-dealkylation sites (N-methyl/N-ethyl adjacent to an activating group) is 1. The Balaban J connectivity index is 2.36. The van der Waals surface area contributed by atoms with Gasteiger partial charge >= 0.3 is 0 Å². The average Bonchev–Trinajstić information content (AvgIpc) is 2.49. The summed E-state index contributed by atoms with van der Waals surface area (Å²) in [4.78, 5) is 14.5. The van der Waals surface area contributed by atoms with Crippen molar-refractivity contribution in [3.8, 4) is 0 Å². The van der Waals surface area contributed by atoms with Gasteiger partial charge in [-0.3, -0.25) is 9.69 Å². The summed E-state index contributed by atoms with van der Waals surface area (Å²) in [5.74, 6) is 0.105. The summed E-state index contributed by atoms with van der Waals surface area (Å²) in [6, 6.07) is 8.35. The van der Waals surface area contributed by atoms with Gasteiger partial charge in [0.15, 0.2) is 0 Å². The van der Waals surface area contributed by atoms with Crippen LogP contribution in [0.25, 0.3) is 0 Å². The molecule has 0 bridgehead atoms. The molecule has 1 fully saturated rings. The minimum atomic E-state index is -0.0700. The van der Waals surface area contributed by atoms with Gasteiger partial charge in [0.05, 0.1) is 12.1 Å². The zero-order valence-corrected chi connectivity index (χ0v) is 13.3. The van der Waals surface area contributed by atoms with Gasteiger partial charge in [0, 0.05) is 13.1 Å². The number of carbonyl (C=O) groups is 1. The second-order valence-corrected chi connectivity index (χ2v) is 6.02. The van der Waals surface area contributed by atoms with Gasteiger partial charge < -0.3 is 11.1 Å². The Morgan fingerprint density at radius 3 is 2.71 bits per heavy atom. The van der Waals surface area contributed by atoms with Gasteiger partial charge in [0.2, 0.25) is 5.91 Å². The number of hydrogen-bond acceptors (Lipinski definition) is 3. The summed E-state index contributed by atoms with van der Waals surface area (Å²) in [7, 11) is 1.71. The number of nitrogens with one attached hydrogen (secondary N) is 1. The highest BCUT2D eigenvalue weighted by molar-refractivity contribution is 5.81. The number of piperidine rings is 1. The summed E-state index contributed by atoms with van der Waals surface area (Å²) in [5.41, 5.74) is 8.78. The summed E-state index contributed by atoms with van der Waals surface area (Å²) < 4.78 is 0. The quantitative estimate of drug-likeness (QED) is 0.891. The Labute approximate surface area is 127 Å². The van der Waals surface area contributed by atoms with Crippen molar-refractivity contribution in [1.29, 1.82) is 0 Å². The number of benzene rings is 1. The van der Waals surface area contributed by atoms with Crippen LogP contribution < -0.4 is 11.1 Å². The van der Waals surface area contributed by atoms with Crippen LogP contribution in [0.15, 0.2) is 24.3 Å². The first kappa shape index (κ1) is 16.0. The second kappa shape index (κ2) is 7.05. The molecule has 1 saturated heterocycles. The fourth-order valence-electron chi connectivity index (χ4n) is 3.42. The van der Waals surface area contributed by atoms with Gasteiger partial charge in [-0.25, -0.2) is 0 Å². The smallest absolute Gasteiger partial charge is 0.237 e. The van der Waals surface area contributed by atoms with E-state index in [1.54, 1.807) is 7.05 Å². The number of amides is 1. The molecule has 1 aliphatic heterocycles. The molecular weight excluding hydrogens is 262 g/mol. The molecule has 1 aliphatic rings. The molecule has 3 unspecified atom stereocenters. The molecule has 0 aliphatic carbocycles. The Bertz CT molecular complexity index is 487. The minimum Gasteiger partial charge on any atom is -0.358 e. The summed E-state index contributed by atoms with van der Waals surface area (Å²) >= 11 is 0. The lowest BCUT2D eigenvalue weighted by molar-refractivity contribution is -0.128. The maximum Gasteiger partial charge on any atom is 0.237 e. The number of carbonyl (C=O) groups excluding carboxylic acids is 1. The molecule has 3 N–H and O–H groups in total. The Morgan fingerprint density at radius 2 is 2.10 bits per heavy atom. The number of nitrogens with two attached hydrogens (primary N) is 1. The van der Waals surface area contributed by atoms with Crippen molar-refractivity contribution in [2.24, 2.45) is 5.73 Å².